The average Bonchev–Trinajstić information content (AvgIpc) is 2.77. The van der Waals surface area contributed by atoms with Gasteiger partial charge in [-0.1, -0.05) is 12.1 Å². The second-order valence-corrected chi connectivity index (χ2v) is 5.42. The van der Waals surface area contributed by atoms with Crippen molar-refractivity contribution in [2.45, 2.75) is 33.3 Å². The van der Waals surface area contributed by atoms with E-state index < -0.39 is 6.10 Å². The predicted molar refractivity (Wildman–Crippen MR) is 86.0 cm³/mol. The number of carbonyl (C=O) groups excluding carboxylic acids is 1. The Morgan fingerprint density at radius 2 is 2.05 bits per heavy atom. The first-order valence-electron chi connectivity index (χ1n) is 7.32. The molecule has 1 atom stereocenters. The van der Waals surface area contributed by atoms with Crippen LogP contribution < -0.4 is 10.6 Å². The predicted octanol–water partition coefficient (Wildman–Crippen LogP) is 3.45. The molecule has 22 heavy (non-hydrogen) atoms. The molecule has 0 radical (unpaired) electrons. The first kappa shape index (κ1) is 16.1. The minimum Gasteiger partial charge on any atom is -0.466 e. The summed E-state index contributed by atoms with van der Waals surface area (Å²) in [7, 11) is 0. The zero-order valence-electron chi connectivity index (χ0n) is 13.1. The molecule has 1 aromatic heterocycles. The third-order valence-electron chi connectivity index (χ3n) is 3.42. The Morgan fingerprint density at radius 3 is 2.68 bits per heavy atom. The zero-order chi connectivity index (χ0) is 16.1. The van der Waals surface area contributed by atoms with Gasteiger partial charge in [0.05, 0.1) is 6.10 Å². The summed E-state index contributed by atoms with van der Waals surface area (Å²) in [5.74, 6) is 1.49. The fraction of sp³-hybridized carbons (Fsp3) is 0.353. The van der Waals surface area contributed by atoms with E-state index in [2.05, 4.69) is 10.6 Å². The summed E-state index contributed by atoms with van der Waals surface area (Å²) < 4.78 is 5.39. The minimum absolute atomic E-state index is 0.280. The van der Waals surface area contributed by atoms with Crippen molar-refractivity contribution in [3.05, 3.63) is 53.0 Å². The highest BCUT2D eigenvalue weighted by Crippen LogP contribution is 2.23. The molecule has 2 aromatic rings. The highest BCUT2D eigenvalue weighted by atomic mass is 16.3. The number of nitrogens with one attached hydrogen (secondary N) is 2. The lowest BCUT2D eigenvalue weighted by molar-refractivity contribution is 0.165. The quantitative estimate of drug-likeness (QED) is 0.792. The second kappa shape index (κ2) is 7.13. The standard InChI is InChI=1S/C17H22N2O3/c1-11-5-4-6-14(9-11)19-17(21)18-8-7-16(20)15-10-12(2)22-13(15)3/h4-6,9-10,16,20H,7-8H2,1-3H3,(H2,18,19,21). The third-order valence-corrected chi connectivity index (χ3v) is 3.42. The van der Waals surface area contributed by atoms with Crippen molar-refractivity contribution >= 4 is 11.7 Å². The van der Waals surface area contributed by atoms with Gasteiger partial charge in [-0.05, 0) is 51.0 Å². The van der Waals surface area contributed by atoms with Crippen molar-refractivity contribution < 1.29 is 14.3 Å². The first-order valence-corrected chi connectivity index (χ1v) is 7.32. The van der Waals surface area contributed by atoms with Crippen LogP contribution in [0, 0.1) is 20.8 Å². The Bertz CT molecular complexity index is 649. The molecule has 0 spiro atoms. The first-order chi connectivity index (χ1) is 10.5. The van der Waals surface area contributed by atoms with E-state index >= 15 is 0 Å². The number of hydrogen-bond acceptors (Lipinski definition) is 3. The number of benzene rings is 1. The van der Waals surface area contributed by atoms with Crippen LogP contribution in [0.3, 0.4) is 0 Å². The fourth-order valence-electron chi connectivity index (χ4n) is 2.36. The Morgan fingerprint density at radius 1 is 1.27 bits per heavy atom. The molecule has 0 fully saturated rings. The van der Waals surface area contributed by atoms with Crippen molar-refractivity contribution in [1.82, 2.24) is 5.32 Å². The molecule has 0 saturated carbocycles. The van der Waals surface area contributed by atoms with Crippen LogP contribution in [-0.4, -0.2) is 17.7 Å². The number of carbonyl (C=O) groups is 1. The molecule has 0 saturated heterocycles. The molecule has 1 heterocycles. The van der Waals surface area contributed by atoms with Gasteiger partial charge in [-0.25, -0.2) is 4.79 Å². The maximum Gasteiger partial charge on any atom is 0.319 e. The molecular formula is C17H22N2O3. The molecule has 5 nitrogen and oxygen atoms in total. The summed E-state index contributed by atoms with van der Waals surface area (Å²) in [5, 5.41) is 15.6. The average molecular weight is 302 g/mol. The monoisotopic (exact) mass is 302 g/mol. The van der Waals surface area contributed by atoms with Crippen LogP contribution >= 0.6 is 0 Å². The summed E-state index contributed by atoms with van der Waals surface area (Å²) in [6, 6.07) is 9.13. The number of aryl methyl sites for hydroxylation is 3. The molecule has 1 aromatic carbocycles. The molecule has 0 aliphatic rings. The molecule has 0 aliphatic carbocycles. The highest BCUT2D eigenvalue weighted by molar-refractivity contribution is 5.89. The summed E-state index contributed by atoms with van der Waals surface area (Å²) in [4.78, 5) is 11.8. The van der Waals surface area contributed by atoms with Crippen molar-refractivity contribution in [1.29, 1.82) is 0 Å². The van der Waals surface area contributed by atoms with E-state index in [1.54, 1.807) is 0 Å². The van der Waals surface area contributed by atoms with E-state index in [4.69, 9.17) is 4.42 Å². The van der Waals surface area contributed by atoms with Gasteiger partial charge in [0, 0.05) is 17.8 Å². The molecule has 2 rings (SSSR count). The summed E-state index contributed by atoms with van der Waals surface area (Å²) in [6.45, 7) is 6.01. The Kier molecular flexibility index (Phi) is 5.22. The van der Waals surface area contributed by atoms with E-state index in [9.17, 15) is 9.90 Å². The summed E-state index contributed by atoms with van der Waals surface area (Å²) in [5.41, 5.74) is 2.61. The molecule has 5 heteroatoms. The van der Waals surface area contributed by atoms with E-state index in [0.29, 0.717) is 18.7 Å². The van der Waals surface area contributed by atoms with Gasteiger partial charge in [-0.3, -0.25) is 0 Å². The lowest BCUT2D eigenvalue weighted by atomic mass is 10.1. The summed E-state index contributed by atoms with van der Waals surface area (Å²) in [6.07, 6.45) is -0.210. The number of aliphatic hydroxyl groups is 1. The second-order valence-electron chi connectivity index (χ2n) is 5.42. The molecule has 2 amide bonds. The van der Waals surface area contributed by atoms with Crippen molar-refractivity contribution in [2.24, 2.45) is 0 Å². The number of aliphatic hydroxyl groups excluding tert-OH is 1. The molecule has 0 bridgehead atoms. The number of amides is 2. The van der Waals surface area contributed by atoms with E-state index in [0.717, 1.165) is 22.6 Å². The zero-order valence-corrected chi connectivity index (χ0v) is 13.1. The van der Waals surface area contributed by atoms with Gasteiger partial charge < -0.3 is 20.2 Å². The van der Waals surface area contributed by atoms with Gasteiger partial charge in [-0.2, -0.15) is 0 Å². The summed E-state index contributed by atoms with van der Waals surface area (Å²) >= 11 is 0. The number of anilines is 1. The van der Waals surface area contributed by atoms with Crippen molar-refractivity contribution in [3.8, 4) is 0 Å². The molecule has 118 valence electrons. The Labute approximate surface area is 130 Å². The van der Waals surface area contributed by atoms with E-state index in [-0.39, 0.29) is 6.03 Å². The minimum atomic E-state index is -0.642. The van der Waals surface area contributed by atoms with Crippen molar-refractivity contribution in [2.75, 3.05) is 11.9 Å². The Hall–Kier alpha value is -2.27. The van der Waals surface area contributed by atoms with Gasteiger partial charge in [0.1, 0.15) is 11.5 Å². The fourth-order valence-corrected chi connectivity index (χ4v) is 2.36. The number of urea groups is 1. The largest absolute Gasteiger partial charge is 0.466 e. The van der Waals surface area contributed by atoms with Gasteiger partial charge >= 0.3 is 6.03 Å². The van der Waals surface area contributed by atoms with Crippen molar-refractivity contribution in [3.63, 3.8) is 0 Å². The van der Waals surface area contributed by atoms with Gasteiger partial charge in [-0.15, -0.1) is 0 Å². The van der Waals surface area contributed by atoms with Crippen LogP contribution in [0.5, 0.6) is 0 Å². The van der Waals surface area contributed by atoms with Crippen LogP contribution in [-0.2, 0) is 0 Å². The maximum absolute atomic E-state index is 11.8. The SMILES string of the molecule is Cc1cccc(NC(=O)NCCC(O)c2cc(C)oc2C)c1. The number of hydrogen-bond donors (Lipinski definition) is 3. The third kappa shape index (κ3) is 4.36. The molecular weight excluding hydrogens is 280 g/mol. The van der Waals surface area contributed by atoms with Crippen LogP contribution in [0.25, 0.3) is 0 Å². The molecule has 3 N–H and O–H groups in total. The van der Waals surface area contributed by atoms with E-state index in [1.165, 1.54) is 0 Å². The lowest BCUT2D eigenvalue weighted by Gasteiger charge is -2.11. The molecule has 0 aliphatic heterocycles. The van der Waals surface area contributed by atoms with Crippen LogP contribution in [0.2, 0.25) is 0 Å². The van der Waals surface area contributed by atoms with Gasteiger partial charge in [0.15, 0.2) is 0 Å². The lowest BCUT2D eigenvalue weighted by Crippen LogP contribution is -2.30. The topological polar surface area (TPSA) is 74.5 Å². The normalized spacial score (nSPS) is 12.0. The van der Waals surface area contributed by atoms with Crippen LogP contribution in [0.4, 0.5) is 10.5 Å². The number of furan rings is 1. The highest BCUT2D eigenvalue weighted by Gasteiger charge is 2.14. The Balaban J connectivity index is 1.78. The van der Waals surface area contributed by atoms with Gasteiger partial charge in [0.25, 0.3) is 0 Å². The smallest absolute Gasteiger partial charge is 0.319 e. The number of rotatable bonds is 5. The molecule has 1 unspecified atom stereocenters. The van der Waals surface area contributed by atoms with Crippen LogP contribution in [0.15, 0.2) is 34.7 Å². The van der Waals surface area contributed by atoms with E-state index in [1.807, 2.05) is 51.1 Å². The maximum atomic E-state index is 11.8. The van der Waals surface area contributed by atoms with Gasteiger partial charge in [0.2, 0.25) is 0 Å². The van der Waals surface area contributed by atoms with Crippen LogP contribution in [0.1, 0.15) is 35.2 Å².